The van der Waals surface area contributed by atoms with Crippen LogP contribution in [0.3, 0.4) is 0 Å². The van der Waals surface area contributed by atoms with Crippen molar-refractivity contribution in [3.63, 3.8) is 0 Å². The molecule has 2 atom stereocenters. The normalized spacial score (nSPS) is 24.8. The predicted molar refractivity (Wildman–Crippen MR) is 78.0 cm³/mol. The van der Waals surface area contributed by atoms with Crippen LogP contribution in [0, 0.1) is 15.4 Å². The third-order valence-electron chi connectivity index (χ3n) is 3.73. The topological polar surface area (TPSA) is 20.3 Å². The molecule has 17 heavy (non-hydrogen) atoms. The minimum Gasteiger partial charge on any atom is -0.338 e. The molecule has 1 saturated heterocycles. The van der Waals surface area contributed by atoms with E-state index < -0.39 is 0 Å². The van der Waals surface area contributed by atoms with E-state index in [1.54, 1.807) is 0 Å². The lowest BCUT2D eigenvalue weighted by atomic mass is 9.88. The van der Waals surface area contributed by atoms with Crippen molar-refractivity contribution in [3.8, 4) is 0 Å². The molecule has 2 nitrogen and oxygen atoms in total. The SMILES string of the molecule is CC1CCN(C(=O)c2ccccc2I)CC1C. The van der Waals surface area contributed by atoms with E-state index in [0.29, 0.717) is 5.92 Å². The number of nitrogens with zero attached hydrogens (tertiary/aromatic N) is 1. The zero-order valence-electron chi connectivity index (χ0n) is 10.3. The van der Waals surface area contributed by atoms with Crippen molar-refractivity contribution in [2.75, 3.05) is 13.1 Å². The summed E-state index contributed by atoms with van der Waals surface area (Å²) in [7, 11) is 0. The number of benzene rings is 1. The van der Waals surface area contributed by atoms with Gasteiger partial charge >= 0.3 is 0 Å². The van der Waals surface area contributed by atoms with E-state index in [2.05, 4.69) is 36.4 Å². The highest BCUT2D eigenvalue weighted by atomic mass is 127. The Labute approximate surface area is 117 Å². The highest BCUT2D eigenvalue weighted by molar-refractivity contribution is 14.1. The van der Waals surface area contributed by atoms with Gasteiger partial charge in [-0.1, -0.05) is 26.0 Å². The van der Waals surface area contributed by atoms with E-state index in [0.717, 1.165) is 34.6 Å². The molecule has 3 heteroatoms. The summed E-state index contributed by atoms with van der Waals surface area (Å²) >= 11 is 2.23. The Kier molecular flexibility index (Phi) is 4.07. The van der Waals surface area contributed by atoms with Gasteiger partial charge in [0.15, 0.2) is 0 Å². The van der Waals surface area contributed by atoms with Gasteiger partial charge in [0, 0.05) is 16.7 Å². The van der Waals surface area contributed by atoms with E-state index in [9.17, 15) is 4.79 Å². The van der Waals surface area contributed by atoms with Crippen LogP contribution in [0.25, 0.3) is 0 Å². The number of carbonyl (C=O) groups is 1. The smallest absolute Gasteiger partial charge is 0.254 e. The Morgan fingerprint density at radius 1 is 1.29 bits per heavy atom. The molecular weight excluding hydrogens is 325 g/mol. The minimum atomic E-state index is 0.189. The summed E-state index contributed by atoms with van der Waals surface area (Å²) in [6, 6.07) is 7.82. The first kappa shape index (κ1) is 12.9. The number of hydrogen-bond donors (Lipinski definition) is 0. The lowest BCUT2D eigenvalue weighted by Crippen LogP contribution is -2.42. The molecule has 0 bridgehead atoms. The first-order valence-electron chi connectivity index (χ1n) is 6.13. The monoisotopic (exact) mass is 343 g/mol. The summed E-state index contributed by atoms with van der Waals surface area (Å²) in [6.07, 6.45) is 1.12. The van der Waals surface area contributed by atoms with Crippen molar-refractivity contribution in [1.82, 2.24) is 4.90 Å². The van der Waals surface area contributed by atoms with Crippen LogP contribution in [0.4, 0.5) is 0 Å². The van der Waals surface area contributed by atoms with Gasteiger partial charge in [-0.05, 0) is 53.0 Å². The third-order valence-corrected chi connectivity index (χ3v) is 4.67. The van der Waals surface area contributed by atoms with Gasteiger partial charge in [0.25, 0.3) is 5.91 Å². The lowest BCUT2D eigenvalue weighted by molar-refractivity contribution is 0.0626. The van der Waals surface area contributed by atoms with Crippen LogP contribution in [0.2, 0.25) is 0 Å². The molecule has 0 aromatic heterocycles. The van der Waals surface area contributed by atoms with Crippen molar-refractivity contribution in [2.24, 2.45) is 11.8 Å². The molecule has 1 aliphatic rings. The van der Waals surface area contributed by atoms with Crippen molar-refractivity contribution >= 4 is 28.5 Å². The number of hydrogen-bond acceptors (Lipinski definition) is 1. The Morgan fingerprint density at radius 2 is 2.00 bits per heavy atom. The van der Waals surface area contributed by atoms with Gasteiger partial charge in [-0.2, -0.15) is 0 Å². The molecule has 0 radical (unpaired) electrons. The standard InChI is InChI=1S/C14H18INO/c1-10-7-8-16(9-11(10)2)14(17)12-5-3-4-6-13(12)15/h3-6,10-11H,7-9H2,1-2H3. The number of likely N-dealkylation sites (tertiary alicyclic amines) is 1. The largest absolute Gasteiger partial charge is 0.338 e. The van der Waals surface area contributed by atoms with Gasteiger partial charge < -0.3 is 4.90 Å². The Bertz CT molecular complexity index is 418. The van der Waals surface area contributed by atoms with Gasteiger partial charge in [-0.25, -0.2) is 0 Å². The van der Waals surface area contributed by atoms with Crippen LogP contribution in [0.15, 0.2) is 24.3 Å². The molecule has 0 aliphatic carbocycles. The number of carbonyl (C=O) groups excluding carboxylic acids is 1. The zero-order valence-corrected chi connectivity index (χ0v) is 12.5. The molecule has 1 heterocycles. The maximum atomic E-state index is 12.4. The fourth-order valence-corrected chi connectivity index (χ4v) is 2.87. The molecule has 2 rings (SSSR count). The summed E-state index contributed by atoms with van der Waals surface area (Å²) < 4.78 is 1.04. The van der Waals surface area contributed by atoms with Crippen molar-refractivity contribution in [3.05, 3.63) is 33.4 Å². The quantitative estimate of drug-likeness (QED) is 0.716. The van der Waals surface area contributed by atoms with Crippen molar-refractivity contribution < 1.29 is 4.79 Å². The first-order valence-corrected chi connectivity index (χ1v) is 7.21. The molecule has 0 spiro atoms. The van der Waals surface area contributed by atoms with Crippen LogP contribution in [-0.2, 0) is 0 Å². The van der Waals surface area contributed by atoms with E-state index in [-0.39, 0.29) is 5.91 Å². The second-order valence-electron chi connectivity index (χ2n) is 4.97. The molecule has 0 saturated carbocycles. The molecular formula is C14H18INO. The fraction of sp³-hybridized carbons (Fsp3) is 0.500. The average molecular weight is 343 g/mol. The van der Waals surface area contributed by atoms with Crippen molar-refractivity contribution in [1.29, 1.82) is 0 Å². The maximum absolute atomic E-state index is 12.4. The molecule has 92 valence electrons. The van der Waals surface area contributed by atoms with E-state index >= 15 is 0 Å². The van der Waals surface area contributed by atoms with Gasteiger partial charge in [-0.15, -0.1) is 0 Å². The number of rotatable bonds is 1. The van der Waals surface area contributed by atoms with Crippen molar-refractivity contribution in [2.45, 2.75) is 20.3 Å². The van der Waals surface area contributed by atoms with Crippen LogP contribution in [0.5, 0.6) is 0 Å². The lowest BCUT2D eigenvalue weighted by Gasteiger charge is -2.35. The average Bonchev–Trinajstić information content (AvgIpc) is 2.32. The summed E-state index contributed by atoms with van der Waals surface area (Å²) in [4.78, 5) is 14.4. The predicted octanol–water partition coefficient (Wildman–Crippen LogP) is 3.41. The second kappa shape index (κ2) is 5.38. The van der Waals surface area contributed by atoms with Gasteiger partial charge in [-0.3, -0.25) is 4.79 Å². The van der Waals surface area contributed by atoms with E-state index in [1.807, 2.05) is 29.2 Å². The zero-order chi connectivity index (χ0) is 12.4. The Balaban J connectivity index is 2.14. The van der Waals surface area contributed by atoms with Gasteiger partial charge in [0.05, 0.1) is 5.56 Å². The van der Waals surface area contributed by atoms with Gasteiger partial charge in [0.1, 0.15) is 0 Å². The van der Waals surface area contributed by atoms with Crippen LogP contribution >= 0.6 is 22.6 Å². The number of amides is 1. The minimum absolute atomic E-state index is 0.189. The Morgan fingerprint density at radius 3 is 2.65 bits per heavy atom. The molecule has 1 aromatic carbocycles. The number of halogens is 1. The van der Waals surface area contributed by atoms with E-state index in [4.69, 9.17) is 0 Å². The first-order chi connectivity index (χ1) is 8.09. The summed E-state index contributed by atoms with van der Waals surface area (Å²) in [5.41, 5.74) is 0.842. The van der Waals surface area contributed by atoms with E-state index in [1.165, 1.54) is 0 Å². The van der Waals surface area contributed by atoms with Crippen LogP contribution in [0.1, 0.15) is 30.6 Å². The van der Waals surface area contributed by atoms with Gasteiger partial charge in [0.2, 0.25) is 0 Å². The molecule has 0 N–H and O–H groups in total. The van der Waals surface area contributed by atoms with Crippen LogP contribution in [-0.4, -0.2) is 23.9 Å². The van der Waals surface area contributed by atoms with Crippen LogP contribution < -0.4 is 0 Å². The summed E-state index contributed by atoms with van der Waals surface area (Å²) in [5.74, 6) is 1.52. The molecule has 1 aromatic rings. The number of piperidine rings is 1. The molecule has 2 unspecified atom stereocenters. The third kappa shape index (κ3) is 2.81. The molecule has 1 amide bonds. The highest BCUT2D eigenvalue weighted by Gasteiger charge is 2.27. The fourth-order valence-electron chi connectivity index (χ4n) is 2.25. The highest BCUT2D eigenvalue weighted by Crippen LogP contribution is 2.24. The molecule has 1 fully saturated rings. The maximum Gasteiger partial charge on any atom is 0.254 e. The summed E-state index contributed by atoms with van der Waals surface area (Å²) in [6.45, 7) is 6.30. The summed E-state index contributed by atoms with van der Waals surface area (Å²) in [5, 5.41) is 0. The Hall–Kier alpha value is -0.580. The molecule has 1 aliphatic heterocycles. The second-order valence-corrected chi connectivity index (χ2v) is 6.14.